The van der Waals surface area contributed by atoms with E-state index in [1.54, 1.807) is 13.4 Å². The van der Waals surface area contributed by atoms with E-state index in [-0.39, 0.29) is 12.5 Å². The lowest BCUT2D eigenvalue weighted by atomic mass is 10.2. The molecule has 0 unspecified atom stereocenters. The fourth-order valence-electron chi connectivity index (χ4n) is 3.36. The zero-order valence-corrected chi connectivity index (χ0v) is 17.1. The summed E-state index contributed by atoms with van der Waals surface area (Å²) in [7, 11) is 1.59. The van der Waals surface area contributed by atoms with Gasteiger partial charge in [-0.1, -0.05) is 6.07 Å². The monoisotopic (exact) mass is 408 g/mol. The number of rotatable bonds is 6. The number of aromatic nitrogens is 2. The number of methoxy groups -OCH3 is 1. The van der Waals surface area contributed by atoms with E-state index in [1.165, 1.54) is 0 Å². The number of nitrogens with zero attached hydrogens (tertiary/aromatic N) is 4. The molecular weight excluding hydrogens is 384 g/mol. The first-order chi connectivity index (χ1) is 14.6. The number of hydrogen-bond acceptors (Lipinski definition) is 7. The average molecular weight is 408 g/mol. The standard InChI is InChI=1S/C22H24N4O4/c1-16-5-7-19(20(14-16)28-2)30-15-22(27)26-11-9-25(10-12-26)21-8-6-17(23-24-21)18-4-3-13-29-18/h3-8,13-14H,9-12,15H2,1-2H3. The van der Waals surface area contributed by atoms with Crippen molar-refractivity contribution < 1.29 is 18.7 Å². The van der Waals surface area contributed by atoms with Crippen LogP contribution in [0.2, 0.25) is 0 Å². The van der Waals surface area contributed by atoms with Gasteiger partial charge in [0.05, 0.1) is 13.4 Å². The van der Waals surface area contributed by atoms with Crippen molar-refractivity contribution in [2.75, 3.05) is 44.8 Å². The van der Waals surface area contributed by atoms with Crippen molar-refractivity contribution in [2.24, 2.45) is 0 Å². The van der Waals surface area contributed by atoms with Gasteiger partial charge in [-0.3, -0.25) is 4.79 Å². The third-order valence-electron chi connectivity index (χ3n) is 5.05. The molecule has 4 rings (SSSR count). The number of carbonyl (C=O) groups excluding carboxylic acids is 1. The smallest absolute Gasteiger partial charge is 0.260 e. The van der Waals surface area contributed by atoms with Crippen LogP contribution in [0.25, 0.3) is 11.5 Å². The molecule has 3 heterocycles. The molecule has 156 valence electrons. The van der Waals surface area contributed by atoms with Crippen LogP contribution < -0.4 is 14.4 Å². The molecule has 1 aromatic carbocycles. The minimum absolute atomic E-state index is 0.0168. The van der Waals surface area contributed by atoms with Crippen molar-refractivity contribution >= 4 is 11.7 Å². The molecule has 8 nitrogen and oxygen atoms in total. The van der Waals surface area contributed by atoms with E-state index < -0.39 is 0 Å². The number of ether oxygens (including phenoxy) is 2. The second kappa shape index (κ2) is 8.86. The normalized spacial score (nSPS) is 13.9. The molecule has 1 aliphatic heterocycles. The second-order valence-corrected chi connectivity index (χ2v) is 7.06. The summed E-state index contributed by atoms with van der Waals surface area (Å²) in [6, 6.07) is 13.1. The number of carbonyl (C=O) groups is 1. The van der Waals surface area contributed by atoms with Crippen LogP contribution in [0, 0.1) is 6.92 Å². The number of benzene rings is 1. The molecule has 3 aromatic rings. The van der Waals surface area contributed by atoms with Crippen molar-refractivity contribution in [3.05, 3.63) is 54.3 Å². The first-order valence-corrected chi connectivity index (χ1v) is 9.82. The van der Waals surface area contributed by atoms with E-state index >= 15 is 0 Å². The SMILES string of the molecule is COc1cc(C)ccc1OCC(=O)N1CCN(c2ccc(-c3ccco3)nn2)CC1. The van der Waals surface area contributed by atoms with Crippen molar-refractivity contribution in [3.63, 3.8) is 0 Å². The molecule has 2 aromatic heterocycles. The minimum atomic E-state index is -0.0449. The Morgan fingerprint density at radius 1 is 1.07 bits per heavy atom. The Hall–Kier alpha value is -3.55. The molecule has 1 fully saturated rings. The molecule has 1 saturated heterocycles. The van der Waals surface area contributed by atoms with E-state index in [4.69, 9.17) is 13.9 Å². The lowest BCUT2D eigenvalue weighted by Gasteiger charge is -2.35. The van der Waals surface area contributed by atoms with Crippen LogP contribution in [0.1, 0.15) is 5.56 Å². The summed E-state index contributed by atoms with van der Waals surface area (Å²) in [5, 5.41) is 8.54. The Balaban J connectivity index is 1.29. The Morgan fingerprint density at radius 2 is 1.90 bits per heavy atom. The number of aryl methyl sites for hydroxylation is 1. The zero-order chi connectivity index (χ0) is 20.9. The van der Waals surface area contributed by atoms with Gasteiger partial charge in [-0.05, 0) is 48.9 Å². The zero-order valence-electron chi connectivity index (χ0n) is 17.1. The van der Waals surface area contributed by atoms with Gasteiger partial charge in [0.25, 0.3) is 5.91 Å². The van der Waals surface area contributed by atoms with Crippen LogP contribution in [0.5, 0.6) is 11.5 Å². The quantitative estimate of drug-likeness (QED) is 0.620. The molecule has 1 aliphatic rings. The second-order valence-electron chi connectivity index (χ2n) is 7.06. The van der Waals surface area contributed by atoms with Crippen LogP contribution in [-0.4, -0.2) is 60.9 Å². The summed E-state index contributed by atoms with van der Waals surface area (Å²) in [5.74, 6) is 2.63. The highest BCUT2D eigenvalue weighted by Crippen LogP contribution is 2.27. The molecule has 1 amide bonds. The van der Waals surface area contributed by atoms with Crippen LogP contribution in [0.3, 0.4) is 0 Å². The third kappa shape index (κ3) is 4.37. The van der Waals surface area contributed by atoms with Crippen LogP contribution in [0.4, 0.5) is 5.82 Å². The molecule has 0 saturated carbocycles. The van der Waals surface area contributed by atoms with Crippen molar-refractivity contribution in [2.45, 2.75) is 6.92 Å². The summed E-state index contributed by atoms with van der Waals surface area (Å²) in [4.78, 5) is 16.5. The summed E-state index contributed by atoms with van der Waals surface area (Å²) >= 11 is 0. The maximum Gasteiger partial charge on any atom is 0.260 e. The van der Waals surface area contributed by atoms with E-state index in [9.17, 15) is 4.79 Å². The Bertz CT molecular complexity index is 981. The van der Waals surface area contributed by atoms with Gasteiger partial charge in [-0.15, -0.1) is 10.2 Å². The number of amides is 1. The molecule has 0 bridgehead atoms. The summed E-state index contributed by atoms with van der Waals surface area (Å²) in [6.07, 6.45) is 1.61. The van der Waals surface area contributed by atoms with Gasteiger partial charge in [-0.2, -0.15) is 0 Å². The van der Waals surface area contributed by atoms with Gasteiger partial charge in [0.1, 0.15) is 5.69 Å². The lowest BCUT2D eigenvalue weighted by Crippen LogP contribution is -2.50. The summed E-state index contributed by atoms with van der Waals surface area (Å²) in [6.45, 7) is 4.55. The highest BCUT2D eigenvalue weighted by molar-refractivity contribution is 5.78. The number of hydrogen-bond donors (Lipinski definition) is 0. The predicted octanol–water partition coefficient (Wildman–Crippen LogP) is 2.78. The van der Waals surface area contributed by atoms with Gasteiger partial charge >= 0.3 is 0 Å². The van der Waals surface area contributed by atoms with Gasteiger partial charge in [0.2, 0.25) is 0 Å². The Morgan fingerprint density at radius 3 is 2.57 bits per heavy atom. The minimum Gasteiger partial charge on any atom is -0.493 e. The molecule has 30 heavy (non-hydrogen) atoms. The van der Waals surface area contributed by atoms with Crippen LogP contribution in [-0.2, 0) is 4.79 Å². The van der Waals surface area contributed by atoms with Crippen molar-refractivity contribution in [3.8, 4) is 23.0 Å². The lowest BCUT2D eigenvalue weighted by molar-refractivity contribution is -0.133. The van der Waals surface area contributed by atoms with Gasteiger partial charge in [-0.25, -0.2) is 0 Å². The molecular formula is C22H24N4O4. The molecule has 0 N–H and O–H groups in total. The number of furan rings is 1. The molecule has 0 radical (unpaired) electrons. The molecule has 0 aliphatic carbocycles. The highest BCUT2D eigenvalue weighted by atomic mass is 16.5. The van der Waals surface area contributed by atoms with Gasteiger partial charge < -0.3 is 23.7 Å². The average Bonchev–Trinajstić information content (AvgIpc) is 3.33. The molecule has 8 heteroatoms. The van der Waals surface area contributed by atoms with E-state index in [2.05, 4.69) is 15.1 Å². The highest BCUT2D eigenvalue weighted by Gasteiger charge is 2.23. The fourth-order valence-corrected chi connectivity index (χ4v) is 3.36. The topological polar surface area (TPSA) is 80.9 Å². The molecule has 0 spiro atoms. The van der Waals surface area contributed by atoms with E-state index in [0.29, 0.717) is 49.1 Å². The predicted molar refractivity (Wildman–Crippen MR) is 112 cm³/mol. The van der Waals surface area contributed by atoms with E-state index in [0.717, 1.165) is 11.4 Å². The van der Waals surface area contributed by atoms with Crippen molar-refractivity contribution in [1.82, 2.24) is 15.1 Å². The summed E-state index contributed by atoms with van der Waals surface area (Å²) < 4.78 is 16.4. The maximum atomic E-state index is 12.6. The first-order valence-electron chi connectivity index (χ1n) is 9.82. The number of piperazine rings is 1. The third-order valence-corrected chi connectivity index (χ3v) is 5.05. The van der Waals surface area contributed by atoms with Gasteiger partial charge in [0.15, 0.2) is 29.7 Å². The van der Waals surface area contributed by atoms with Crippen LogP contribution in [0.15, 0.2) is 53.1 Å². The van der Waals surface area contributed by atoms with E-state index in [1.807, 2.05) is 54.3 Å². The number of anilines is 1. The first kappa shape index (κ1) is 19.8. The maximum absolute atomic E-state index is 12.6. The Labute approximate surface area is 175 Å². The largest absolute Gasteiger partial charge is 0.493 e. The molecule has 0 atom stereocenters. The van der Waals surface area contributed by atoms with Crippen molar-refractivity contribution in [1.29, 1.82) is 0 Å². The Kier molecular flexibility index (Phi) is 5.83. The summed E-state index contributed by atoms with van der Waals surface area (Å²) in [5.41, 5.74) is 1.77. The fraction of sp³-hybridized carbons (Fsp3) is 0.318. The van der Waals surface area contributed by atoms with Gasteiger partial charge in [0, 0.05) is 26.2 Å². The van der Waals surface area contributed by atoms with Crippen LogP contribution >= 0.6 is 0 Å².